The third-order valence-electron chi connectivity index (χ3n) is 2.61. The first-order valence-electron chi connectivity index (χ1n) is 4.65. The maximum absolute atomic E-state index is 4.48. The standard InChI is InChI=1S/C11H10N2S.HI/c1-6-2-3-7-5-9-10(8(7)4-6)13-11(12)14-9;/h2-4H,5,12H2,1H3;1H/q+1;. The van der Waals surface area contributed by atoms with Crippen LogP contribution in [0.15, 0.2) is 23.1 Å². The highest BCUT2D eigenvalue weighted by atomic mass is 127. The average Bonchev–Trinajstić information content (AvgIpc) is 2.62. The fraction of sp³-hybridized carbons (Fsp3) is 0.182. The van der Waals surface area contributed by atoms with Crippen molar-refractivity contribution in [3.05, 3.63) is 39.8 Å². The molecule has 0 amide bonds. The fourth-order valence-corrected chi connectivity index (χ4v) is 2.87. The lowest BCUT2D eigenvalue weighted by atomic mass is 10.1. The van der Waals surface area contributed by atoms with Crippen LogP contribution in [0.25, 0.3) is 5.70 Å². The largest absolute Gasteiger partial charge is 1.00 e. The molecule has 1 radical (unpaired) electrons. The quantitative estimate of drug-likeness (QED) is 0.545. The number of allylic oxidation sites excluding steroid dienone is 1. The average molecular weight is 330 g/mol. The Morgan fingerprint density at radius 1 is 1.40 bits per heavy atom. The Kier molecular flexibility index (Phi) is 2.92. The summed E-state index contributed by atoms with van der Waals surface area (Å²) in [6.45, 7) is 2.12. The van der Waals surface area contributed by atoms with Crippen molar-refractivity contribution in [3.63, 3.8) is 0 Å². The summed E-state index contributed by atoms with van der Waals surface area (Å²) in [6.07, 6.45) is 1.04. The van der Waals surface area contributed by atoms with Crippen LogP contribution in [0, 0.1) is 6.92 Å². The molecule has 4 heteroatoms. The number of halogens is 1. The molecular formula is C11H11IN2S+. The molecule has 3 N–H and O–H groups in total. The Labute approximate surface area is 110 Å². The van der Waals surface area contributed by atoms with Crippen LogP contribution < -0.4 is 34.7 Å². The molecular weight excluding hydrogens is 319 g/mol. The number of aliphatic imine (C=N–C) groups is 1. The molecule has 1 aromatic carbocycles. The first-order chi connectivity index (χ1) is 6.74. The van der Waals surface area contributed by atoms with Crippen LogP contribution in [0.3, 0.4) is 0 Å². The highest BCUT2D eigenvalue weighted by Crippen LogP contribution is 2.40. The van der Waals surface area contributed by atoms with Crippen molar-refractivity contribution < 1.29 is 29.7 Å². The van der Waals surface area contributed by atoms with E-state index in [0.29, 0.717) is 0 Å². The molecule has 2 aliphatic rings. The monoisotopic (exact) mass is 330 g/mol. The Hall–Kier alpha value is -0.330. The predicted molar refractivity (Wildman–Crippen MR) is 59.4 cm³/mol. The summed E-state index contributed by atoms with van der Waals surface area (Å²) in [6, 6.07) is 6.60. The number of thioether (sulfide) groups is 1. The van der Waals surface area contributed by atoms with Gasteiger partial charge in [-0.25, -0.2) is 0 Å². The predicted octanol–water partition coefficient (Wildman–Crippen LogP) is -2.10. The van der Waals surface area contributed by atoms with Gasteiger partial charge in [0, 0.05) is 6.42 Å². The summed E-state index contributed by atoms with van der Waals surface area (Å²) in [5, 5.41) is 0.933. The van der Waals surface area contributed by atoms with E-state index >= 15 is 0 Å². The van der Waals surface area contributed by atoms with Crippen molar-refractivity contribution >= 4 is 22.6 Å². The lowest BCUT2D eigenvalue weighted by Crippen LogP contribution is -3.00. The van der Waals surface area contributed by atoms with Crippen molar-refractivity contribution in [1.29, 1.82) is 0 Å². The van der Waals surface area contributed by atoms with E-state index in [1.165, 1.54) is 27.3 Å². The van der Waals surface area contributed by atoms with Gasteiger partial charge in [-0.3, -0.25) is 5.73 Å². The highest BCUT2D eigenvalue weighted by molar-refractivity contribution is 8.17. The summed E-state index contributed by atoms with van der Waals surface area (Å²) in [4.78, 5) is 5.85. The van der Waals surface area contributed by atoms with Gasteiger partial charge in [-0.05, 0) is 18.6 Å². The van der Waals surface area contributed by atoms with Gasteiger partial charge < -0.3 is 24.0 Å². The number of amidine groups is 1. The molecule has 3 rings (SSSR count). The number of benzene rings is 1. The Bertz CT molecular complexity index is 491. The molecule has 0 unspecified atom stereocenters. The number of hydrogen-bond donors (Lipinski definition) is 1. The minimum absolute atomic E-state index is 0. The van der Waals surface area contributed by atoms with Crippen LogP contribution in [-0.4, -0.2) is 5.17 Å². The molecule has 1 aliphatic carbocycles. The van der Waals surface area contributed by atoms with Crippen LogP contribution in [-0.2, 0) is 6.42 Å². The second-order valence-electron chi connectivity index (χ2n) is 3.72. The molecule has 1 aliphatic heterocycles. The number of hydrogen-bond acceptors (Lipinski definition) is 2. The summed E-state index contributed by atoms with van der Waals surface area (Å²) in [7, 11) is 0. The zero-order chi connectivity index (χ0) is 9.71. The van der Waals surface area contributed by atoms with E-state index < -0.39 is 0 Å². The van der Waals surface area contributed by atoms with Crippen LogP contribution in [0.2, 0.25) is 0 Å². The molecule has 15 heavy (non-hydrogen) atoms. The second kappa shape index (κ2) is 3.92. The van der Waals surface area contributed by atoms with Crippen molar-refractivity contribution in [2.45, 2.75) is 13.3 Å². The highest BCUT2D eigenvalue weighted by Gasteiger charge is 2.39. The maximum Gasteiger partial charge on any atom is 0.471 e. The molecule has 0 bridgehead atoms. The van der Waals surface area contributed by atoms with Gasteiger partial charge >= 0.3 is 10.9 Å². The molecule has 0 saturated carbocycles. The van der Waals surface area contributed by atoms with E-state index in [1.54, 1.807) is 11.8 Å². The lowest BCUT2D eigenvalue weighted by molar-refractivity contribution is -0.206. The summed E-state index contributed by atoms with van der Waals surface area (Å²) < 4.78 is 0. The van der Waals surface area contributed by atoms with Gasteiger partial charge in [0.15, 0.2) is 0 Å². The van der Waals surface area contributed by atoms with Crippen molar-refractivity contribution in [3.8, 4) is 0 Å². The Morgan fingerprint density at radius 3 is 3.00 bits per heavy atom. The number of aryl methyl sites for hydroxylation is 1. The third kappa shape index (κ3) is 1.74. The molecule has 0 spiro atoms. The van der Waals surface area contributed by atoms with E-state index in [4.69, 9.17) is 0 Å². The van der Waals surface area contributed by atoms with Gasteiger partial charge in [0.05, 0.1) is 22.2 Å². The van der Waals surface area contributed by atoms with Crippen molar-refractivity contribution in [1.82, 2.24) is 4.99 Å². The molecule has 0 atom stereocenters. The molecule has 0 saturated heterocycles. The number of rotatable bonds is 0. The van der Waals surface area contributed by atoms with Crippen molar-refractivity contribution in [2.24, 2.45) is 0 Å². The molecule has 2 nitrogen and oxygen atoms in total. The molecule has 0 fully saturated rings. The van der Waals surface area contributed by atoms with Crippen LogP contribution in [0.4, 0.5) is 0 Å². The minimum Gasteiger partial charge on any atom is -1.00 e. The van der Waals surface area contributed by atoms with Gasteiger partial charge in [-0.15, -0.1) is 0 Å². The summed E-state index contributed by atoms with van der Waals surface area (Å²) >= 11 is 1.72. The number of nitrogens with zero attached hydrogens (tertiary/aromatic N) is 1. The third-order valence-corrected chi connectivity index (χ3v) is 3.52. The minimum atomic E-state index is 0. The van der Waals surface area contributed by atoms with Gasteiger partial charge in [0.1, 0.15) is 4.99 Å². The van der Waals surface area contributed by atoms with Crippen LogP contribution in [0.5, 0.6) is 0 Å². The van der Waals surface area contributed by atoms with E-state index in [1.807, 2.05) is 0 Å². The normalized spacial score (nSPS) is 17.1. The van der Waals surface area contributed by atoms with Gasteiger partial charge in [-0.1, -0.05) is 17.7 Å². The Morgan fingerprint density at radius 2 is 2.20 bits per heavy atom. The van der Waals surface area contributed by atoms with Crippen LogP contribution >= 0.6 is 11.8 Å². The van der Waals surface area contributed by atoms with Gasteiger partial charge in [0.25, 0.3) is 0 Å². The van der Waals surface area contributed by atoms with E-state index in [0.717, 1.165) is 11.6 Å². The molecule has 0 aromatic heterocycles. The lowest BCUT2D eigenvalue weighted by Gasteiger charge is -1.97. The molecule has 77 valence electrons. The zero-order valence-electron chi connectivity index (χ0n) is 8.38. The smallest absolute Gasteiger partial charge is 0.471 e. The topological polar surface area (TPSA) is 41.7 Å². The zero-order valence-corrected chi connectivity index (χ0v) is 11.4. The van der Waals surface area contributed by atoms with E-state index in [9.17, 15) is 0 Å². The van der Waals surface area contributed by atoms with Gasteiger partial charge in [0.2, 0.25) is 0 Å². The van der Waals surface area contributed by atoms with Crippen molar-refractivity contribution in [2.75, 3.05) is 0 Å². The molecule has 1 heterocycles. The SMILES string of the molecule is Cc1ccc2c(c1)C1=C(C2)SC([NH3+])=[N+]1.[I-]. The Balaban J connectivity index is 0.000000853. The first-order valence-corrected chi connectivity index (χ1v) is 5.47. The fourth-order valence-electron chi connectivity index (χ4n) is 1.97. The summed E-state index contributed by atoms with van der Waals surface area (Å²) in [5.41, 5.74) is 9.07. The van der Waals surface area contributed by atoms with E-state index in [2.05, 4.69) is 35.8 Å². The number of fused-ring (bicyclic) bond motifs is 2. The van der Waals surface area contributed by atoms with Gasteiger partial charge in [-0.2, -0.15) is 0 Å². The molecule has 1 aromatic rings. The van der Waals surface area contributed by atoms with E-state index in [-0.39, 0.29) is 24.0 Å². The second-order valence-corrected chi connectivity index (χ2v) is 4.88. The number of quaternary nitrogens is 1. The summed E-state index contributed by atoms with van der Waals surface area (Å²) in [5.74, 6) is 0. The van der Waals surface area contributed by atoms with Crippen LogP contribution in [0.1, 0.15) is 16.7 Å². The maximum atomic E-state index is 4.48. The first kappa shape index (κ1) is 11.2.